The minimum absolute atomic E-state index is 0.224. The van der Waals surface area contributed by atoms with Crippen molar-refractivity contribution >= 4 is 5.91 Å². The third-order valence-corrected chi connectivity index (χ3v) is 3.71. The highest BCUT2D eigenvalue weighted by Crippen LogP contribution is 2.19. The van der Waals surface area contributed by atoms with Gasteiger partial charge in [0.05, 0.1) is 0 Å². The summed E-state index contributed by atoms with van der Waals surface area (Å²) in [5.41, 5.74) is 0. The molecule has 1 heterocycles. The van der Waals surface area contributed by atoms with Crippen LogP contribution in [0.1, 0.15) is 58.8 Å². The van der Waals surface area contributed by atoms with Crippen LogP contribution in [-0.4, -0.2) is 37.0 Å². The van der Waals surface area contributed by atoms with Gasteiger partial charge in [-0.15, -0.1) is 0 Å². The molecule has 1 amide bonds. The third kappa shape index (κ3) is 6.39. The van der Waals surface area contributed by atoms with Gasteiger partial charge in [-0.1, -0.05) is 39.0 Å². The van der Waals surface area contributed by atoms with E-state index in [0.717, 1.165) is 26.1 Å². The fourth-order valence-corrected chi connectivity index (χ4v) is 2.64. The SMILES string of the molecule is CCCCCCCCN1CC(CC(=O)NCC)C1. The molecule has 18 heavy (non-hydrogen) atoms. The van der Waals surface area contributed by atoms with Crippen molar-refractivity contribution in [1.82, 2.24) is 10.2 Å². The van der Waals surface area contributed by atoms with Crippen molar-refractivity contribution in [2.24, 2.45) is 5.92 Å². The Kier molecular flexibility index (Phi) is 8.06. The number of nitrogens with zero attached hydrogens (tertiary/aromatic N) is 1. The lowest BCUT2D eigenvalue weighted by atomic mass is 9.95. The first-order valence-corrected chi connectivity index (χ1v) is 7.75. The maximum absolute atomic E-state index is 11.4. The summed E-state index contributed by atoms with van der Waals surface area (Å²) < 4.78 is 0. The summed E-state index contributed by atoms with van der Waals surface area (Å²) in [6, 6.07) is 0. The van der Waals surface area contributed by atoms with Crippen LogP contribution in [0.2, 0.25) is 0 Å². The minimum atomic E-state index is 0.224. The standard InChI is InChI=1S/C15H30N2O/c1-3-5-6-7-8-9-10-17-12-14(13-17)11-15(18)16-4-2/h14H,3-13H2,1-2H3,(H,16,18). The zero-order valence-electron chi connectivity index (χ0n) is 12.2. The zero-order chi connectivity index (χ0) is 13.2. The highest BCUT2D eigenvalue weighted by atomic mass is 16.1. The van der Waals surface area contributed by atoms with E-state index in [4.69, 9.17) is 0 Å². The fourth-order valence-electron chi connectivity index (χ4n) is 2.64. The Bertz CT molecular complexity index is 225. The molecular formula is C15H30N2O. The third-order valence-electron chi connectivity index (χ3n) is 3.71. The molecule has 0 aromatic carbocycles. The normalized spacial score (nSPS) is 16.6. The number of amides is 1. The van der Waals surface area contributed by atoms with E-state index in [1.54, 1.807) is 0 Å². The average Bonchev–Trinajstić information content (AvgIpc) is 2.30. The van der Waals surface area contributed by atoms with E-state index in [1.165, 1.54) is 45.1 Å². The quantitative estimate of drug-likeness (QED) is 0.608. The van der Waals surface area contributed by atoms with Crippen molar-refractivity contribution in [3.8, 4) is 0 Å². The first-order valence-electron chi connectivity index (χ1n) is 7.75. The number of hydrogen-bond donors (Lipinski definition) is 1. The van der Waals surface area contributed by atoms with E-state index in [2.05, 4.69) is 17.1 Å². The molecule has 1 rings (SSSR count). The van der Waals surface area contributed by atoms with E-state index in [0.29, 0.717) is 5.92 Å². The largest absolute Gasteiger partial charge is 0.356 e. The number of carbonyl (C=O) groups is 1. The number of likely N-dealkylation sites (tertiary alicyclic amines) is 1. The zero-order valence-corrected chi connectivity index (χ0v) is 12.2. The van der Waals surface area contributed by atoms with Crippen molar-refractivity contribution in [2.75, 3.05) is 26.2 Å². The molecule has 0 aliphatic carbocycles. The van der Waals surface area contributed by atoms with Gasteiger partial charge < -0.3 is 10.2 Å². The number of unbranched alkanes of at least 4 members (excludes halogenated alkanes) is 5. The van der Waals surface area contributed by atoms with E-state index in [9.17, 15) is 4.79 Å². The van der Waals surface area contributed by atoms with Gasteiger partial charge in [0, 0.05) is 26.1 Å². The van der Waals surface area contributed by atoms with Gasteiger partial charge in [0.2, 0.25) is 5.91 Å². The molecule has 106 valence electrons. The van der Waals surface area contributed by atoms with Gasteiger partial charge in [0.25, 0.3) is 0 Å². The number of rotatable bonds is 10. The summed E-state index contributed by atoms with van der Waals surface area (Å²) in [6.07, 6.45) is 8.93. The Morgan fingerprint density at radius 1 is 1.11 bits per heavy atom. The summed E-state index contributed by atoms with van der Waals surface area (Å²) in [7, 11) is 0. The van der Waals surface area contributed by atoms with Gasteiger partial charge in [0.15, 0.2) is 0 Å². The molecule has 0 radical (unpaired) electrons. The average molecular weight is 254 g/mol. The predicted octanol–water partition coefficient (Wildman–Crippen LogP) is 2.80. The number of carbonyl (C=O) groups excluding carboxylic acids is 1. The molecule has 3 nitrogen and oxygen atoms in total. The second-order valence-corrected chi connectivity index (χ2v) is 5.55. The monoisotopic (exact) mass is 254 g/mol. The molecule has 0 bridgehead atoms. The summed E-state index contributed by atoms with van der Waals surface area (Å²) in [6.45, 7) is 8.49. The molecule has 1 fully saturated rings. The first kappa shape index (κ1) is 15.5. The first-order chi connectivity index (χ1) is 8.76. The van der Waals surface area contributed by atoms with Crippen LogP contribution in [0.15, 0.2) is 0 Å². The highest BCUT2D eigenvalue weighted by Gasteiger charge is 2.27. The molecule has 1 aliphatic heterocycles. The van der Waals surface area contributed by atoms with Crippen LogP contribution < -0.4 is 5.32 Å². The maximum Gasteiger partial charge on any atom is 0.220 e. The van der Waals surface area contributed by atoms with E-state index in [-0.39, 0.29) is 5.91 Å². The molecule has 0 aromatic rings. The second kappa shape index (κ2) is 9.37. The van der Waals surface area contributed by atoms with Crippen molar-refractivity contribution in [3.63, 3.8) is 0 Å². The lowest BCUT2D eigenvalue weighted by Gasteiger charge is -2.39. The Morgan fingerprint density at radius 3 is 2.44 bits per heavy atom. The van der Waals surface area contributed by atoms with Gasteiger partial charge in [-0.05, 0) is 25.8 Å². The highest BCUT2D eigenvalue weighted by molar-refractivity contribution is 5.76. The number of nitrogens with one attached hydrogen (secondary N) is 1. The van der Waals surface area contributed by atoms with Crippen molar-refractivity contribution in [1.29, 1.82) is 0 Å². The maximum atomic E-state index is 11.4. The molecule has 0 saturated carbocycles. The van der Waals surface area contributed by atoms with Gasteiger partial charge in [-0.2, -0.15) is 0 Å². The Hall–Kier alpha value is -0.570. The fraction of sp³-hybridized carbons (Fsp3) is 0.933. The Morgan fingerprint density at radius 2 is 1.78 bits per heavy atom. The molecule has 1 saturated heterocycles. The molecule has 0 atom stereocenters. The van der Waals surface area contributed by atoms with Crippen LogP contribution >= 0.6 is 0 Å². The predicted molar refractivity (Wildman–Crippen MR) is 76.6 cm³/mol. The van der Waals surface area contributed by atoms with Gasteiger partial charge in [-0.3, -0.25) is 4.79 Å². The van der Waals surface area contributed by atoms with Crippen molar-refractivity contribution in [3.05, 3.63) is 0 Å². The molecular weight excluding hydrogens is 224 g/mol. The summed E-state index contributed by atoms with van der Waals surface area (Å²) >= 11 is 0. The van der Waals surface area contributed by atoms with Gasteiger partial charge >= 0.3 is 0 Å². The Labute approximate surface area is 112 Å². The summed E-state index contributed by atoms with van der Waals surface area (Å²) in [5, 5.41) is 2.87. The van der Waals surface area contributed by atoms with Gasteiger partial charge in [0.1, 0.15) is 0 Å². The van der Waals surface area contributed by atoms with Gasteiger partial charge in [-0.25, -0.2) is 0 Å². The van der Waals surface area contributed by atoms with E-state index >= 15 is 0 Å². The smallest absolute Gasteiger partial charge is 0.220 e. The van der Waals surface area contributed by atoms with Crippen molar-refractivity contribution < 1.29 is 4.79 Å². The molecule has 1 N–H and O–H groups in total. The van der Waals surface area contributed by atoms with E-state index in [1.807, 2.05) is 6.92 Å². The van der Waals surface area contributed by atoms with Crippen LogP contribution in [0, 0.1) is 5.92 Å². The molecule has 3 heteroatoms. The Balaban J connectivity index is 1.88. The van der Waals surface area contributed by atoms with Crippen molar-refractivity contribution in [2.45, 2.75) is 58.8 Å². The minimum Gasteiger partial charge on any atom is -0.356 e. The van der Waals surface area contributed by atoms with Crippen LogP contribution in [0.3, 0.4) is 0 Å². The summed E-state index contributed by atoms with van der Waals surface area (Å²) in [5.74, 6) is 0.832. The molecule has 0 spiro atoms. The van der Waals surface area contributed by atoms with Crippen LogP contribution in [0.5, 0.6) is 0 Å². The molecule has 0 unspecified atom stereocenters. The van der Waals surface area contributed by atoms with Crippen LogP contribution in [-0.2, 0) is 4.79 Å². The summed E-state index contributed by atoms with van der Waals surface area (Å²) in [4.78, 5) is 13.9. The van der Waals surface area contributed by atoms with Crippen LogP contribution in [0.25, 0.3) is 0 Å². The lowest BCUT2D eigenvalue weighted by Crippen LogP contribution is -2.48. The van der Waals surface area contributed by atoms with E-state index < -0.39 is 0 Å². The number of hydrogen-bond acceptors (Lipinski definition) is 2. The molecule has 0 aromatic heterocycles. The lowest BCUT2D eigenvalue weighted by molar-refractivity contribution is -0.123. The second-order valence-electron chi connectivity index (χ2n) is 5.55. The molecule has 1 aliphatic rings. The van der Waals surface area contributed by atoms with Crippen LogP contribution in [0.4, 0.5) is 0 Å². The topological polar surface area (TPSA) is 32.3 Å².